The Balaban J connectivity index is 2.23. The maximum Gasteiger partial charge on any atom is 0.262 e. The maximum absolute atomic E-state index is 11.9. The van der Waals surface area contributed by atoms with Gasteiger partial charge in [0.1, 0.15) is 28.6 Å². The standard InChI is InChI=1S/C10H9ClN4O2/c1-5-9(6(2)17-15-5)10(16)14-8-3-7(11)12-4-13-8/h3-4H,1-2H3,(H,12,13,14,16). The number of hydrogen-bond acceptors (Lipinski definition) is 5. The molecule has 0 aliphatic heterocycles. The van der Waals surface area contributed by atoms with Gasteiger partial charge in [-0.3, -0.25) is 4.79 Å². The summed E-state index contributed by atoms with van der Waals surface area (Å²) in [6, 6.07) is 1.46. The zero-order chi connectivity index (χ0) is 12.4. The Morgan fingerprint density at radius 2 is 2.18 bits per heavy atom. The predicted octanol–water partition coefficient (Wildman–Crippen LogP) is 1.99. The third-order valence-electron chi connectivity index (χ3n) is 2.14. The number of carbonyl (C=O) groups is 1. The molecule has 0 aliphatic carbocycles. The second-order valence-electron chi connectivity index (χ2n) is 3.38. The molecule has 0 bridgehead atoms. The van der Waals surface area contributed by atoms with E-state index in [0.29, 0.717) is 22.8 Å². The molecule has 2 aromatic heterocycles. The molecule has 2 aromatic rings. The summed E-state index contributed by atoms with van der Waals surface area (Å²) in [5, 5.41) is 6.55. The van der Waals surface area contributed by atoms with Crippen LogP contribution in [0, 0.1) is 13.8 Å². The zero-order valence-electron chi connectivity index (χ0n) is 9.19. The normalized spacial score (nSPS) is 10.3. The van der Waals surface area contributed by atoms with Gasteiger partial charge in [-0.05, 0) is 13.8 Å². The molecular formula is C10H9ClN4O2. The van der Waals surface area contributed by atoms with Crippen molar-refractivity contribution in [1.29, 1.82) is 0 Å². The van der Waals surface area contributed by atoms with Crippen LogP contribution in [0.2, 0.25) is 5.15 Å². The molecule has 0 spiro atoms. The SMILES string of the molecule is Cc1noc(C)c1C(=O)Nc1cc(Cl)ncn1. The second kappa shape index (κ2) is 4.50. The molecule has 0 saturated heterocycles. The first kappa shape index (κ1) is 11.5. The summed E-state index contributed by atoms with van der Waals surface area (Å²) in [6.07, 6.45) is 1.27. The molecular weight excluding hydrogens is 244 g/mol. The van der Waals surface area contributed by atoms with Crippen LogP contribution in [-0.4, -0.2) is 21.0 Å². The van der Waals surface area contributed by atoms with Crippen molar-refractivity contribution in [3.63, 3.8) is 0 Å². The zero-order valence-corrected chi connectivity index (χ0v) is 9.95. The average molecular weight is 253 g/mol. The van der Waals surface area contributed by atoms with Crippen molar-refractivity contribution in [2.75, 3.05) is 5.32 Å². The van der Waals surface area contributed by atoms with E-state index < -0.39 is 0 Å². The number of amides is 1. The number of hydrogen-bond donors (Lipinski definition) is 1. The van der Waals surface area contributed by atoms with Crippen molar-refractivity contribution in [2.45, 2.75) is 13.8 Å². The van der Waals surface area contributed by atoms with Gasteiger partial charge in [0.05, 0.1) is 5.69 Å². The van der Waals surface area contributed by atoms with E-state index in [1.807, 2.05) is 0 Å². The molecule has 0 unspecified atom stereocenters. The molecule has 2 heterocycles. The van der Waals surface area contributed by atoms with Gasteiger partial charge in [-0.2, -0.15) is 0 Å². The number of rotatable bonds is 2. The first-order valence-corrected chi connectivity index (χ1v) is 5.17. The van der Waals surface area contributed by atoms with Crippen molar-refractivity contribution in [3.8, 4) is 0 Å². The second-order valence-corrected chi connectivity index (χ2v) is 3.77. The average Bonchev–Trinajstić information content (AvgIpc) is 2.58. The number of halogens is 1. The minimum absolute atomic E-state index is 0.258. The van der Waals surface area contributed by atoms with Gasteiger partial charge >= 0.3 is 0 Å². The molecule has 88 valence electrons. The third-order valence-corrected chi connectivity index (χ3v) is 2.34. The summed E-state index contributed by atoms with van der Waals surface area (Å²) in [6.45, 7) is 3.36. The van der Waals surface area contributed by atoms with E-state index in [1.54, 1.807) is 13.8 Å². The van der Waals surface area contributed by atoms with E-state index in [1.165, 1.54) is 12.4 Å². The highest BCUT2D eigenvalue weighted by Gasteiger charge is 2.17. The van der Waals surface area contributed by atoms with Crippen LogP contribution in [0.5, 0.6) is 0 Å². The molecule has 7 heteroatoms. The van der Waals surface area contributed by atoms with Gasteiger partial charge in [-0.1, -0.05) is 16.8 Å². The van der Waals surface area contributed by atoms with Crippen molar-refractivity contribution >= 4 is 23.3 Å². The first-order chi connectivity index (χ1) is 8.08. The quantitative estimate of drug-likeness (QED) is 0.827. The van der Waals surface area contributed by atoms with Crippen molar-refractivity contribution in [1.82, 2.24) is 15.1 Å². The summed E-state index contributed by atoms with van der Waals surface area (Å²) in [5.74, 6) is 0.450. The molecule has 0 aromatic carbocycles. The number of aromatic nitrogens is 3. The Hall–Kier alpha value is -1.95. The lowest BCUT2D eigenvalue weighted by Crippen LogP contribution is -2.14. The molecule has 1 N–H and O–H groups in total. The Morgan fingerprint density at radius 1 is 1.41 bits per heavy atom. The molecule has 2 rings (SSSR count). The summed E-state index contributed by atoms with van der Waals surface area (Å²) in [7, 11) is 0. The van der Waals surface area contributed by atoms with E-state index in [0.717, 1.165) is 0 Å². The number of aryl methyl sites for hydroxylation is 2. The Kier molecular flexibility index (Phi) is 3.06. The van der Waals surface area contributed by atoms with E-state index >= 15 is 0 Å². The fourth-order valence-electron chi connectivity index (χ4n) is 1.39. The van der Waals surface area contributed by atoms with Crippen LogP contribution in [0.25, 0.3) is 0 Å². The topological polar surface area (TPSA) is 80.9 Å². The summed E-state index contributed by atoms with van der Waals surface area (Å²) in [5.41, 5.74) is 0.930. The summed E-state index contributed by atoms with van der Waals surface area (Å²) >= 11 is 5.68. The third kappa shape index (κ3) is 2.42. The maximum atomic E-state index is 11.9. The molecule has 17 heavy (non-hydrogen) atoms. The van der Waals surface area contributed by atoms with Gasteiger partial charge in [0, 0.05) is 6.07 Å². The highest BCUT2D eigenvalue weighted by atomic mass is 35.5. The van der Waals surface area contributed by atoms with Gasteiger partial charge in [-0.15, -0.1) is 0 Å². The molecule has 0 radical (unpaired) electrons. The van der Waals surface area contributed by atoms with Crippen LogP contribution >= 0.6 is 11.6 Å². The highest BCUT2D eigenvalue weighted by molar-refractivity contribution is 6.29. The lowest BCUT2D eigenvalue weighted by molar-refractivity contribution is 0.102. The molecule has 0 saturated carbocycles. The first-order valence-electron chi connectivity index (χ1n) is 4.79. The fourth-order valence-corrected chi connectivity index (χ4v) is 1.53. The fraction of sp³-hybridized carbons (Fsp3) is 0.200. The van der Waals surface area contributed by atoms with E-state index in [2.05, 4.69) is 20.4 Å². The molecule has 6 nitrogen and oxygen atoms in total. The van der Waals surface area contributed by atoms with Crippen LogP contribution < -0.4 is 5.32 Å². The minimum Gasteiger partial charge on any atom is -0.361 e. The Bertz CT molecular complexity index is 548. The number of nitrogens with one attached hydrogen (secondary N) is 1. The van der Waals surface area contributed by atoms with Crippen LogP contribution in [0.1, 0.15) is 21.8 Å². The molecule has 0 fully saturated rings. The summed E-state index contributed by atoms with van der Waals surface area (Å²) < 4.78 is 4.91. The van der Waals surface area contributed by atoms with E-state index in [4.69, 9.17) is 16.1 Å². The van der Waals surface area contributed by atoms with Gasteiger partial charge in [-0.25, -0.2) is 9.97 Å². The number of nitrogens with zero attached hydrogens (tertiary/aromatic N) is 3. The van der Waals surface area contributed by atoms with Gasteiger partial charge in [0.15, 0.2) is 0 Å². The molecule has 0 atom stereocenters. The molecule has 0 aliphatic rings. The minimum atomic E-state index is -0.337. The van der Waals surface area contributed by atoms with Crippen LogP contribution in [-0.2, 0) is 0 Å². The van der Waals surface area contributed by atoms with Gasteiger partial charge < -0.3 is 9.84 Å². The van der Waals surface area contributed by atoms with Crippen LogP contribution in [0.15, 0.2) is 16.9 Å². The predicted molar refractivity (Wildman–Crippen MR) is 61.0 cm³/mol. The Labute approximate surface area is 102 Å². The van der Waals surface area contributed by atoms with Crippen LogP contribution in [0.4, 0.5) is 5.82 Å². The van der Waals surface area contributed by atoms with Gasteiger partial charge in [0.25, 0.3) is 5.91 Å². The van der Waals surface area contributed by atoms with Crippen LogP contribution in [0.3, 0.4) is 0 Å². The van der Waals surface area contributed by atoms with Gasteiger partial charge in [0.2, 0.25) is 0 Å². The lowest BCUT2D eigenvalue weighted by atomic mass is 10.2. The smallest absolute Gasteiger partial charge is 0.262 e. The number of carbonyl (C=O) groups excluding carboxylic acids is 1. The molecule has 1 amide bonds. The van der Waals surface area contributed by atoms with E-state index in [-0.39, 0.29) is 11.1 Å². The van der Waals surface area contributed by atoms with Crippen molar-refractivity contribution < 1.29 is 9.32 Å². The number of anilines is 1. The van der Waals surface area contributed by atoms with Crippen molar-refractivity contribution in [2.24, 2.45) is 0 Å². The summed E-state index contributed by atoms with van der Waals surface area (Å²) in [4.78, 5) is 19.5. The highest BCUT2D eigenvalue weighted by Crippen LogP contribution is 2.15. The Morgan fingerprint density at radius 3 is 2.76 bits per heavy atom. The monoisotopic (exact) mass is 252 g/mol. The lowest BCUT2D eigenvalue weighted by Gasteiger charge is -2.03. The largest absolute Gasteiger partial charge is 0.361 e. The van der Waals surface area contributed by atoms with E-state index in [9.17, 15) is 4.79 Å². The van der Waals surface area contributed by atoms with Crippen molar-refractivity contribution in [3.05, 3.63) is 34.6 Å².